The normalized spacial score (nSPS) is 9.93. The number of anilines is 1. The van der Waals surface area contributed by atoms with Crippen LogP contribution in [0, 0.1) is 6.92 Å². The second-order valence-corrected chi connectivity index (χ2v) is 2.97. The van der Waals surface area contributed by atoms with Gasteiger partial charge in [-0.2, -0.15) is 4.98 Å². The topological polar surface area (TPSA) is 73.9 Å². The lowest BCUT2D eigenvalue weighted by Crippen LogP contribution is -1.97. The van der Waals surface area contributed by atoms with Crippen LogP contribution in [0.3, 0.4) is 0 Å². The van der Waals surface area contributed by atoms with E-state index in [1.807, 2.05) is 13.0 Å². The van der Waals surface area contributed by atoms with Gasteiger partial charge >= 0.3 is 0 Å². The van der Waals surface area contributed by atoms with Gasteiger partial charge < -0.3 is 10.5 Å². The van der Waals surface area contributed by atoms with Gasteiger partial charge in [0.15, 0.2) is 5.75 Å². The van der Waals surface area contributed by atoms with Gasteiger partial charge in [-0.05, 0) is 19.1 Å². The number of nitrogen functional groups attached to an aromatic ring is 1. The summed E-state index contributed by atoms with van der Waals surface area (Å²) in [4.78, 5) is 11.8. The molecule has 0 fully saturated rings. The summed E-state index contributed by atoms with van der Waals surface area (Å²) in [7, 11) is 0. The average Bonchev–Trinajstić information content (AvgIpc) is 2.24. The number of pyridine rings is 1. The molecular weight excluding hydrogens is 192 g/mol. The number of aromatic nitrogens is 3. The lowest BCUT2D eigenvalue weighted by Gasteiger charge is -2.07. The van der Waals surface area contributed by atoms with Gasteiger partial charge in [0, 0.05) is 6.20 Å². The zero-order chi connectivity index (χ0) is 10.7. The van der Waals surface area contributed by atoms with Crippen LogP contribution in [0.15, 0.2) is 30.9 Å². The van der Waals surface area contributed by atoms with Gasteiger partial charge in [0.1, 0.15) is 12.0 Å². The van der Waals surface area contributed by atoms with Crippen molar-refractivity contribution in [3.05, 3.63) is 36.5 Å². The quantitative estimate of drug-likeness (QED) is 0.799. The Hall–Kier alpha value is -2.17. The number of hydrogen-bond acceptors (Lipinski definition) is 5. The summed E-state index contributed by atoms with van der Waals surface area (Å²) < 4.78 is 5.50. The molecule has 0 saturated carbocycles. The molecule has 2 aromatic heterocycles. The molecule has 2 heterocycles. The molecule has 5 heteroatoms. The number of nitrogens with zero attached hydrogens (tertiary/aromatic N) is 3. The minimum absolute atomic E-state index is 0.348. The van der Waals surface area contributed by atoms with Crippen LogP contribution in [-0.2, 0) is 0 Å². The maximum atomic E-state index is 5.65. The Kier molecular flexibility index (Phi) is 2.45. The predicted octanol–water partition coefficient (Wildman–Crippen LogP) is 1.55. The molecule has 0 atom stereocenters. The van der Waals surface area contributed by atoms with E-state index in [1.165, 1.54) is 12.5 Å². The molecule has 0 aliphatic rings. The molecule has 0 aliphatic carbocycles. The van der Waals surface area contributed by atoms with Crippen molar-refractivity contribution >= 4 is 5.69 Å². The molecule has 0 bridgehead atoms. The Morgan fingerprint density at radius 2 is 2.20 bits per heavy atom. The highest BCUT2D eigenvalue weighted by Gasteiger charge is 2.05. The summed E-state index contributed by atoms with van der Waals surface area (Å²) in [5, 5.41) is 0. The first kappa shape index (κ1) is 9.39. The standard InChI is InChI=1S/C10H10N4O/c1-7-9(3-2-4-13-7)15-10-8(11)5-12-6-14-10/h2-6H,11H2,1H3. The van der Waals surface area contributed by atoms with Crippen LogP contribution in [0.1, 0.15) is 5.69 Å². The highest BCUT2D eigenvalue weighted by molar-refractivity contribution is 5.47. The fourth-order valence-electron chi connectivity index (χ4n) is 1.10. The molecule has 0 amide bonds. The van der Waals surface area contributed by atoms with Crippen molar-refractivity contribution < 1.29 is 4.74 Å². The Labute approximate surface area is 87.0 Å². The van der Waals surface area contributed by atoms with E-state index in [4.69, 9.17) is 10.5 Å². The van der Waals surface area contributed by atoms with Crippen molar-refractivity contribution in [3.63, 3.8) is 0 Å². The van der Waals surface area contributed by atoms with Gasteiger partial charge in [-0.3, -0.25) is 4.98 Å². The summed E-state index contributed by atoms with van der Waals surface area (Å²) in [6.07, 6.45) is 4.58. The van der Waals surface area contributed by atoms with Gasteiger partial charge in [-0.25, -0.2) is 4.98 Å². The van der Waals surface area contributed by atoms with Crippen LogP contribution < -0.4 is 10.5 Å². The largest absolute Gasteiger partial charge is 0.435 e. The fraction of sp³-hybridized carbons (Fsp3) is 0.100. The first-order valence-electron chi connectivity index (χ1n) is 4.42. The molecule has 0 radical (unpaired) electrons. The van der Waals surface area contributed by atoms with Crippen molar-refractivity contribution in [2.24, 2.45) is 0 Å². The third kappa shape index (κ3) is 2.01. The average molecular weight is 202 g/mol. The fourth-order valence-corrected chi connectivity index (χ4v) is 1.10. The summed E-state index contributed by atoms with van der Waals surface area (Å²) in [6, 6.07) is 3.60. The third-order valence-electron chi connectivity index (χ3n) is 1.87. The van der Waals surface area contributed by atoms with Crippen LogP contribution in [-0.4, -0.2) is 15.0 Å². The molecule has 0 spiro atoms. The van der Waals surface area contributed by atoms with E-state index in [0.29, 0.717) is 17.3 Å². The molecule has 2 rings (SSSR count). The lowest BCUT2D eigenvalue weighted by molar-refractivity contribution is 0.458. The lowest BCUT2D eigenvalue weighted by atomic mass is 10.3. The smallest absolute Gasteiger partial charge is 0.245 e. The van der Waals surface area contributed by atoms with Crippen molar-refractivity contribution in [1.29, 1.82) is 0 Å². The second kappa shape index (κ2) is 3.91. The Balaban J connectivity index is 2.30. The van der Waals surface area contributed by atoms with E-state index in [-0.39, 0.29) is 0 Å². The second-order valence-electron chi connectivity index (χ2n) is 2.97. The van der Waals surface area contributed by atoms with Crippen molar-refractivity contribution in [2.75, 3.05) is 5.73 Å². The first-order valence-corrected chi connectivity index (χ1v) is 4.42. The molecule has 0 aliphatic heterocycles. The van der Waals surface area contributed by atoms with Gasteiger partial charge in [-0.15, -0.1) is 0 Å². The number of rotatable bonds is 2. The van der Waals surface area contributed by atoms with Crippen LogP contribution in [0.4, 0.5) is 5.69 Å². The van der Waals surface area contributed by atoms with Gasteiger partial charge in [0.05, 0.1) is 11.9 Å². The predicted molar refractivity (Wildman–Crippen MR) is 55.5 cm³/mol. The van der Waals surface area contributed by atoms with E-state index in [2.05, 4.69) is 15.0 Å². The maximum absolute atomic E-state index is 5.65. The molecule has 15 heavy (non-hydrogen) atoms. The number of hydrogen-bond donors (Lipinski definition) is 1. The number of nitrogens with two attached hydrogens (primary N) is 1. The van der Waals surface area contributed by atoms with Gasteiger partial charge in [-0.1, -0.05) is 0 Å². The highest BCUT2D eigenvalue weighted by Crippen LogP contribution is 2.24. The van der Waals surface area contributed by atoms with Gasteiger partial charge in [0.2, 0.25) is 5.88 Å². The summed E-state index contributed by atoms with van der Waals surface area (Å²) in [6.45, 7) is 1.85. The Bertz CT molecular complexity index is 429. The highest BCUT2D eigenvalue weighted by atomic mass is 16.5. The number of aryl methyl sites for hydroxylation is 1. The summed E-state index contributed by atoms with van der Waals surface area (Å²) in [5.74, 6) is 0.990. The van der Waals surface area contributed by atoms with E-state index in [9.17, 15) is 0 Å². The van der Waals surface area contributed by atoms with Crippen LogP contribution in [0.5, 0.6) is 11.6 Å². The molecule has 0 unspecified atom stereocenters. The molecule has 0 aromatic carbocycles. The molecule has 5 nitrogen and oxygen atoms in total. The van der Waals surface area contributed by atoms with Crippen molar-refractivity contribution in [3.8, 4) is 11.6 Å². The third-order valence-corrected chi connectivity index (χ3v) is 1.87. The molecular formula is C10H10N4O. The van der Waals surface area contributed by atoms with E-state index in [0.717, 1.165) is 5.69 Å². The van der Waals surface area contributed by atoms with Crippen LogP contribution in [0.2, 0.25) is 0 Å². The van der Waals surface area contributed by atoms with E-state index < -0.39 is 0 Å². The summed E-state index contributed by atoms with van der Waals surface area (Å²) >= 11 is 0. The number of ether oxygens (including phenoxy) is 1. The SMILES string of the molecule is Cc1ncccc1Oc1ncncc1N. The maximum Gasteiger partial charge on any atom is 0.245 e. The zero-order valence-corrected chi connectivity index (χ0v) is 8.21. The van der Waals surface area contributed by atoms with Crippen LogP contribution >= 0.6 is 0 Å². The summed E-state index contributed by atoms with van der Waals surface area (Å²) in [5.41, 5.74) is 6.84. The van der Waals surface area contributed by atoms with Crippen LogP contribution in [0.25, 0.3) is 0 Å². The molecule has 2 N–H and O–H groups in total. The van der Waals surface area contributed by atoms with Crippen molar-refractivity contribution in [2.45, 2.75) is 6.92 Å². The molecule has 2 aromatic rings. The first-order chi connectivity index (χ1) is 7.27. The Morgan fingerprint density at radius 3 is 2.93 bits per heavy atom. The Morgan fingerprint density at radius 1 is 1.33 bits per heavy atom. The minimum atomic E-state index is 0.348. The van der Waals surface area contributed by atoms with Gasteiger partial charge in [0.25, 0.3) is 0 Å². The molecule has 0 saturated heterocycles. The minimum Gasteiger partial charge on any atom is -0.435 e. The monoisotopic (exact) mass is 202 g/mol. The van der Waals surface area contributed by atoms with E-state index >= 15 is 0 Å². The molecule has 76 valence electrons. The van der Waals surface area contributed by atoms with Crippen molar-refractivity contribution in [1.82, 2.24) is 15.0 Å². The van der Waals surface area contributed by atoms with E-state index in [1.54, 1.807) is 12.3 Å². The zero-order valence-electron chi connectivity index (χ0n) is 8.21.